The normalized spacial score (nSPS) is 18.0. The number of rotatable bonds is 5. The summed E-state index contributed by atoms with van der Waals surface area (Å²) in [5.41, 5.74) is 6.32. The molecule has 1 N–H and O–H groups in total. The third-order valence-corrected chi connectivity index (χ3v) is 7.36. The van der Waals surface area contributed by atoms with Crippen molar-refractivity contribution < 1.29 is 19.0 Å². The topological polar surface area (TPSA) is 77.9 Å². The van der Waals surface area contributed by atoms with Crippen LogP contribution in [-0.2, 0) is 4.74 Å². The molecule has 0 bridgehead atoms. The zero-order valence-electron chi connectivity index (χ0n) is 21.2. The van der Waals surface area contributed by atoms with Crippen molar-refractivity contribution in [2.45, 2.75) is 25.9 Å². The van der Waals surface area contributed by atoms with Gasteiger partial charge in [-0.25, -0.2) is 4.79 Å². The Labute approximate surface area is 225 Å². The molecule has 1 fully saturated rings. The Balaban J connectivity index is 1.49. The largest absolute Gasteiger partial charge is 0.465 e. The molecule has 2 aliphatic heterocycles. The van der Waals surface area contributed by atoms with E-state index in [0.29, 0.717) is 22.2 Å². The molecular formula is C29H26N4O4S. The van der Waals surface area contributed by atoms with Crippen molar-refractivity contribution in [3.8, 4) is 17.2 Å². The van der Waals surface area contributed by atoms with Gasteiger partial charge in [-0.3, -0.25) is 4.98 Å². The molecule has 1 saturated heterocycles. The van der Waals surface area contributed by atoms with Gasteiger partial charge in [0.25, 0.3) is 0 Å². The van der Waals surface area contributed by atoms with E-state index in [1.807, 2.05) is 54.6 Å². The van der Waals surface area contributed by atoms with Crippen molar-refractivity contribution in [3.63, 3.8) is 0 Å². The number of aromatic nitrogens is 2. The number of nitrogens with zero attached hydrogens (tertiary/aromatic N) is 3. The van der Waals surface area contributed by atoms with E-state index in [1.165, 1.54) is 7.11 Å². The van der Waals surface area contributed by atoms with Crippen LogP contribution in [0.4, 0.5) is 5.69 Å². The number of aryl methyl sites for hydroxylation is 1. The molecule has 8 nitrogen and oxygen atoms in total. The second-order valence-corrected chi connectivity index (χ2v) is 9.62. The van der Waals surface area contributed by atoms with Crippen LogP contribution in [0.5, 0.6) is 11.5 Å². The number of methoxy groups -OCH3 is 1. The standard InChI is InChI=1S/C29H26N4O4S/c1-17-13-22(18(2)32(17)20-8-6-7-19(14-20)28(34)35-3)27-26(23-9-4-5-12-30-23)31-29(38)33(27)21-10-11-24-25(15-21)37-16-36-24/h4-15,26-27H,16H2,1-3H3,(H,31,38). The van der Waals surface area contributed by atoms with Gasteiger partial charge in [0, 0.05) is 35.0 Å². The number of ether oxygens (including phenoxy) is 3. The third kappa shape index (κ3) is 3.95. The average molecular weight is 527 g/mol. The Morgan fingerprint density at radius 1 is 1.03 bits per heavy atom. The third-order valence-electron chi connectivity index (χ3n) is 7.05. The summed E-state index contributed by atoms with van der Waals surface area (Å²) in [5, 5.41) is 4.11. The highest BCUT2D eigenvalue weighted by molar-refractivity contribution is 7.80. The van der Waals surface area contributed by atoms with Gasteiger partial charge in [0.2, 0.25) is 6.79 Å². The SMILES string of the molecule is COC(=O)c1cccc(-n2c(C)cc(C3C(c4ccccn4)NC(=S)N3c3ccc4c(c3)OCO4)c2C)c1. The number of nitrogens with one attached hydrogen (secondary N) is 1. The molecule has 0 spiro atoms. The smallest absolute Gasteiger partial charge is 0.337 e. The van der Waals surface area contributed by atoms with Crippen LogP contribution in [0.15, 0.2) is 72.9 Å². The van der Waals surface area contributed by atoms with Crippen molar-refractivity contribution in [2.24, 2.45) is 0 Å². The van der Waals surface area contributed by atoms with Crippen LogP contribution in [0.1, 0.15) is 45.1 Å². The van der Waals surface area contributed by atoms with Gasteiger partial charge in [0.05, 0.1) is 30.5 Å². The lowest BCUT2D eigenvalue weighted by Gasteiger charge is -2.28. The van der Waals surface area contributed by atoms with Crippen LogP contribution in [0, 0.1) is 13.8 Å². The zero-order valence-corrected chi connectivity index (χ0v) is 22.0. The molecule has 2 unspecified atom stereocenters. The maximum atomic E-state index is 12.2. The minimum atomic E-state index is -0.371. The molecule has 0 aliphatic carbocycles. The van der Waals surface area contributed by atoms with Crippen LogP contribution in [-0.4, -0.2) is 34.5 Å². The van der Waals surface area contributed by atoms with Gasteiger partial charge in [0.1, 0.15) is 0 Å². The number of thiocarbonyl (C=S) groups is 1. The highest BCUT2D eigenvalue weighted by Gasteiger charge is 2.42. The molecule has 9 heteroatoms. The second-order valence-electron chi connectivity index (χ2n) is 9.24. The van der Waals surface area contributed by atoms with Gasteiger partial charge in [0.15, 0.2) is 16.6 Å². The Kier molecular flexibility index (Phi) is 6.00. The first-order chi connectivity index (χ1) is 18.5. The van der Waals surface area contributed by atoms with Crippen LogP contribution in [0.3, 0.4) is 0 Å². The zero-order chi connectivity index (χ0) is 26.4. The first-order valence-electron chi connectivity index (χ1n) is 12.2. The number of fused-ring (bicyclic) bond motifs is 1. The van der Waals surface area contributed by atoms with E-state index in [2.05, 4.69) is 39.7 Å². The summed E-state index contributed by atoms with van der Waals surface area (Å²) < 4.78 is 18.3. The van der Waals surface area contributed by atoms with Gasteiger partial charge < -0.3 is 29.0 Å². The fourth-order valence-electron chi connectivity index (χ4n) is 5.36. The average Bonchev–Trinajstić information content (AvgIpc) is 3.63. The molecule has 2 atom stereocenters. The van der Waals surface area contributed by atoms with E-state index in [0.717, 1.165) is 34.0 Å². The summed E-state index contributed by atoms with van der Waals surface area (Å²) in [6.45, 7) is 4.35. The quantitative estimate of drug-likeness (QED) is 0.282. The van der Waals surface area contributed by atoms with E-state index in [1.54, 1.807) is 12.3 Å². The summed E-state index contributed by atoms with van der Waals surface area (Å²) in [4.78, 5) is 19.0. The Hall–Kier alpha value is -4.37. The monoisotopic (exact) mass is 526 g/mol. The van der Waals surface area contributed by atoms with Crippen LogP contribution < -0.4 is 19.7 Å². The van der Waals surface area contributed by atoms with Crippen LogP contribution >= 0.6 is 12.2 Å². The fourth-order valence-corrected chi connectivity index (χ4v) is 5.70. The molecule has 2 aromatic heterocycles. The maximum Gasteiger partial charge on any atom is 0.337 e. The van der Waals surface area contributed by atoms with Crippen molar-refractivity contribution in [3.05, 3.63) is 101 Å². The Morgan fingerprint density at radius 3 is 2.66 bits per heavy atom. The van der Waals surface area contributed by atoms with Gasteiger partial charge in [-0.15, -0.1) is 0 Å². The second kappa shape index (κ2) is 9.50. The predicted molar refractivity (Wildman–Crippen MR) is 147 cm³/mol. The van der Waals surface area contributed by atoms with Crippen molar-refractivity contribution in [1.29, 1.82) is 0 Å². The van der Waals surface area contributed by atoms with E-state index >= 15 is 0 Å². The number of carbonyl (C=O) groups is 1. The molecule has 0 saturated carbocycles. The lowest BCUT2D eigenvalue weighted by molar-refractivity contribution is 0.0600. The van der Waals surface area contributed by atoms with Crippen LogP contribution in [0.25, 0.3) is 5.69 Å². The minimum absolute atomic E-state index is 0.190. The summed E-state index contributed by atoms with van der Waals surface area (Å²) in [7, 11) is 1.39. The van der Waals surface area contributed by atoms with Crippen molar-refractivity contribution in [2.75, 3.05) is 18.8 Å². The molecule has 4 heterocycles. The van der Waals surface area contributed by atoms with Crippen LogP contribution in [0.2, 0.25) is 0 Å². The molecule has 0 radical (unpaired) electrons. The number of hydrogen-bond donors (Lipinski definition) is 1. The first-order valence-corrected chi connectivity index (χ1v) is 12.6. The summed E-state index contributed by atoms with van der Waals surface area (Å²) >= 11 is 5.90. The molecular weight excluding hydrogens is 500 g/mol. The lowest BCUT2D eigenvalue weighted by Crippen LogP contribution is -2.29. The van der Waals surface area contributed by atoms with Crippen molar-refractivity contribution >= 4 is 29.0 Å². The summed E-state index contributed by atoms with van der Waals surface area (Å²) in [6.07, 6.45) is 1.79. The number of benzene rings is 2. The summed E-state index contributed by atoms with van der Waals surface area (Å²) in [6, 6.07) is 21.0. The van der Waals surface area contributed by atoms with E-state index in [-0.39, 0.29) is 24.8 Å². The molecule has 38 heavy (non-hydrogen) atoms. The van der Waals surface area contributed by atoms with Crippen molar-refractivity contribution in [1.82, 2.24) is 14.9 Å². The van der Waals surface area contributed by atoms with Gasteiger partial charge in [-0.05, 0) is 80.2 Å². The van der Waals surface area contributed by atoms with E-state index in [4.69, 9.17) is 26.4 Å². The molecule has 192 valence electrons. The summed E-state index contributed by atoms with van der Waals surface area (Å²) in [5.74, 6) is 1.04. The van der Waals surface area contributed by atoms with Gasteiger partial charge in [-0.1, -0.05) is 12.1 Å². The van der Waals surface area contributed by atoms with E-state index in [9.17, 15) is 4.79 Å². The molecule has 4 aromatic rings. The predicted octanol–water partition coefficient (Wildman–Crippen LogP) is 5.18. The molecule has 0 amide bonds. The first kappa shape index (κ1) is 24.0. The van der Waals surface area contributed by atoms with E-state index < -0.39 is 0 Å². The molecule has 2 aliphatic rings. The van der Waals surface area contributed by atoms with Gasteiger partial charge in [-0.2, -0.15) is 0 Å². The Bertz CT molecular complexity index is 1550. The lowest BCUT2D eigenvalue weighted by atomic mass is 9.96. The highest BCUT2D eigenvalue weighted by Crippen LogP contribution is 2.46. The highest BCUT2D eigenvalue weighted by atomic mass is 32.1. The number of esters is 1. The fraction of sp³-hybridized carbons (Fsp3) is 0.207. The maximum absolute atomic E-state index is 12.2. The number of anilines is 1. The Morgan fingerprint density at radius 2 is 1.87 bits per heavy atom. The number of hydrogen-bond acceptors (Lipinski definition) is 6. The number of pyridine rings is 1. The minimum Gasteiger partial charge on any atom is -0.465 e. The van der Waals surface area contributed by atoms with Gasteiger partial charge >= 0.3 is 5.97 Å². The molecule has 2 aromatic carbocycles. The molecule has 6 rings (SSSR count). The number of carbonyl (C=O) groups excluding carboxylic acids is 1.